The third kappa shape index (κ3) is 4.01. The van der Waals surface area contributed by atoms with Gasteiger partial charge in [0.05, 0.1) is 12.8 Å². The van der Waals surface area contributed by atoms with E-state index in [-0.39, 0.29) is 17.7 Å². The number of methoxy groups -OCH3 is 1. The molecule has 1 aromatic carbocycles. The summed E-state index contributed by atoms with van der Waals surface area (Å²) in [5, 5.41) is 0.666. The monoisotopic (exact) mass is 428 g/mol. The van der Waals surface area contributed by atoms with E-state index in [1.54, 1.807) is 12.0 Å². The van der Waals surface area contributed by atoms with Crippen LogP contribution in [0.25, 0.3) is 0 Å². The quantitative estimate of drug-likeness (QED) is 0.731. The summed E-state index contributed by atoms with van der Waals surface area (Å²) in [5.41, 5.74) is 1.91. The summed E-state index contributed by atoms with van der Waals surface area (Å²) in [4.78, 5) is 36.7. The lowest BCUT2D eigenvalue weighted by Gasteiger charge is -2.36. The average molecular weight is 429 g/mol. The van der Waals surface area contributed by atoms with Gasteiger partial charge in [-0.25, -0.2) is 4.98 Å². The maximum Gasteiger partial charge on any atom is 0.266 e. The van der Waals surface area contributed by atoms with Gasteiger partial charge in [0, 0.05) is 50.9 Å². The number of benzene rings is 1. The van der Waals surface area contributed by atoms with E-state index in [0.29, 0.717) is 36.1 Å². The van der Waals surface area contributed by atoms with E-state index in [9.17, 15) is 9.59 Å². The largest absolute Gasteiger partial charge is 0.497 e. The van der Waals surface area contributed by atoms with Gasteiger partial charge in [-0.15, -0.1) is 0 Å². The van der Waals surface area contributed by atoms with Crippen molar-refractivity contribution in [3.8, 4) is 5.75 Å². The molecule has 2 saturated heterocycles. The van der Waals surface area contributed by atoms with Crippen LogP contribution in [0.15, 0.2) is 24.3 Å². The van der Waals surface area contributed by atoms with Gasteiger partial charge >= 0.3 is 0 Å². The van der Waals surface area contributed by atoms with Crippen molar-refractivity contribution in [3.05, 3.63) is 34.8 Å². The Kier molecular flexibility index (Phi) is 5.94. The number of aromatic nitrogens is 1. The summed E-state index contributed by atoms with van der Waals surface area (Å²) in [6.45, 7) is 7.63. The van der Waals surface area contributed by atoms with Crippen LogP contribution in [0.2, 0.25) is 0 Å². The molecule has 2 fully saturated rings. The Labute approximate surface area is 181 Å². The first-order chi connectivity index (χ1) is 14.5. The smallest absolute Gasteiger partial charge is 0.266 e. The Bertz CT molecular complexity index is 934. The van der Waals surface area contributed by atoms with E-state index in [4.69, 9.17) is 9.72 Å². The van der Waals surface area contributed by atoms with Gasteiger partial charge in [-0.2, -0.15) is 0 Å². The Morgan fingerprint density at radius 1 is 1.17 bits per heavy atom. The Hall–Kier alpha value is -2.61. The molecule has 0 saturated carbocycles. The number of amides is 2. The summed E-state index contributed by atoms with van der Waals surface area (Å²) in [5.74, 6) is 1.09. The highest BCUT2D eigenvalue weighted by molar-refractivity contribution is 7.17. The minimum Gasteiger partial charge on any atom is -0.497 e. The molecule has 2 aliphatic rings. The topological polar surface area (TPSA) is 66.0 Å². The first-order valence-electron chi connectivity index (χ1n) is 10.5. The van der Waals surface area contributed by atoms with E-state index < -0.39 is 0 Å². The summed E-state index contributed by atoms with van der Waals surface area (Å²) < 4.78 is 5.33. The fourth-order valence-corrected chi connectivity index (χ4v) is 5.18. The second-order valence-corrected chi connectivity index (χ2v) is 8.97. The van der Waals surface area contributed by atoms with Crippen molar-refractivity contribution in [2.45, 2.75) is 32.6 Å². The van der Waals surface area contributed by atoms with Crippen LogP contribution in [-0.2, 0) is 4.79 Å². The Morgan fingerprint density at radius 3 is 2.57 bits per heavy atom. The van der Waals surface area contributed by atoms with Gasteiger partial charge in [0.1, 0.15) is 10.6 Å². The first-order valence-corrected chi connectivity index (χ1v) is 11.3. The summed E-state index contributed by atoms with van der Waals surface area (Å²) in [7, 11) is 1.67. The van der Waals surface area contributed by atoms with Crippen LogP contribution >= 0.6 is 11.3 Å². The number of carbonyl (C=O) groups is 2. The Balaban J connectivity index is 1.48. The number of hydrogen-bond acceptors (Lipinski definition) is 6. The van der Waals surface area contributed by atoms with Crippen LogP contribution in [0.3, 0.4) is 0 Å². The minimum atomic E-state index is 0.0272. The van der Waals surface area contributed by atoms with Gasteiger partial charge in [-0.1, -0.05) is 31.3 Å². The van der Waals surface area contributed by atoms with Crippen LogP contribution in [0, 0.1) is 0 Å². The second kappa shape index (κ2) is 8.63. The van der Waals surface area contributed by atoms with Crippen LogP contribution in [0.5, 0.6) is 5.75 Å². The van der Waals surface area contributed by atoms with Gasteiger partial charge < -0.3 is 14.5 Å². The van der Waals surface area contributed by atoms with Gasteiger partial charge in [-0.3, -0.25) is 14.5 Å². The highest BCUT2D eigenvalue weighted by Gasteiger charge is 2.31. The van der Waals surface area contributed by atoms with Gasteiger partial charge in [0.15, 0.2) is 5.13 Å². The van der Waals surface area contributed by atoms with Crippen molar-refractivity contribution in [2.24, 2.45) is 0 Å². The van der Waals surface area contributed by atoms with E-state index in [1.807, 2.05) is 36.9 Å². The lowest BCUT2D eigenvalue weighted by atomic mass is 10.1. The molecule has 2 amide bonds. The molecule has 0 bridgehead atoms. The number of thiazole rings is 1. The minimum absolute atomic E-state index is 0.0272. The van der Waals surface area contributed by atoms with Gasteiger partial charge in [0.25, 0.3) is 5.91 Å². The summed E-state index contributed by atoms with van der Waals surface area (Å²) >= 11 is 1.37. The molecular formula is C22H28N4O3S. The molecule has 2 aliphatic heterocycles. The average Bonchev–Trinajstić information content (AvgIpc) is 3.39. The zero-order chi connectivity index (χ0) is 21.3. The van der Waals surface area contributed by atoms with Crippen LogP contribution < -0.4 is 14.5 Å². The van der Waals surface area contributed by atoms with Crippen molar-refractivity contribution in [1.29, 1.82) is 0 Å². The third-order valence-corrected chi connectivity index (χ3v) is 6.76. The molecule has 8 heteroatoms. The number of anilines is 2. The van der Waals surface area contributed by atoms with Crippen LogP contribution in [0.4, 0.5) is 10.8 Å². The van der Waals surface area contributed by atoms with Crippen LogP contribution in [-0.4, -0.2) is 61.5 Å². The molecule has 0 spiro atoms. The third-order valence-electron chi connectivity index (χ3n) is 5.67. The number of nitrogens with zero attached hydrogens (tertiary/aromatic N) is 4. The number of carbonyl (C=O) groups excluding carboxylic acids is 2. The van der Waals surface area contributed by atoms with E-state index in [0.717, 1.165) is 36.6 Å². The van der Waals surface area contributed by atoms with Crippen molar-refractivity contribution < 1.29 is 14.3 Å². The lowest BCUT2D eigenvalue weighted by molar-refractivity contribution is -0.117. The molecule has 3 heterocycles. The number of piperazine rings is 1. The molecule has 0 aliphatic carbocycles. The SMILES string of the molecule is COc1cccc(N2CCN(C(=O)c3sc(N4CCCC4=O)nc3C(C)C)CC2)c1. The summed E-state index contributed by atoms with van der Waals surface area (Å²) in [6.07, 6.45) is 1.41. The van der Waals surface area contributed by atoms with Crippen molar-refractivity contribution in [2.75, 3.05) is 49.6 Å². The molecular weight excluding hydrogens is 400 g/mol. The molecule has 4 rings (SSSR count). The number of rotatable bonds is 5. The maximum atomic E-state index is 13.3. The lowest BCUT2D eigenvalue weighted by Crippen LogP contribution is -2.48. The van der Waals surface area contributed by atoms with Gasteiger partial charge in [-0.05, 0) is 24.5 Å². The molecule has 160 valence electrons. The number of ether oxygens (including phenoxy) is 1. The molecule has 0 radical (unpaired) electrons. The zero-order valence-corrected chi connectivity index (χ0v) is 18.6. The van der Waals surface area contributed by atoms with Gasteiger partial charge in [0.2, 0.25) is 5.91 Å². The molecule has 30 heavy (non-hydrogen) atoms. The standard InChI is InChI=1S/C22H28N4O3S/c1-15(2)19-20(30-22(23-19)26-9-5-8-18(26)27)21(28)25-12-10-24(11-13-25)16-6-4-7-17(14-16)29-3/h4,6-7,14-15H,5,8-13H2,1-3H3. The van der Waals surface area contributed by atoms with Crippen molar-refractivity contribution in [1.82, 2.24) is 9.88 Å². The zero-order valence-electron chi connectivity index (χ0n) is 17.8. The normalized spacial score (nSPS) is 17.2. The fraction of sp³-hybridized carbons (Fsp3) is 0.500. The predicted molar refractivity (Wildman–Crippen MR) is 119 cm³/mol. The second-order valence-electron chi connectivity index (χ2n) is 8.00. The molecule has 7 nitrogen and oxygen atoms in total. The summed E-state index contributed by atoms with van der Waals surface area (Å²) in [6, 6.07) is 8.01. The van der Waals surface area contributed by atoms with Crippen molar-refractivity contribution in [3.63, 3.8) is 0 Å². The first kappa shape index (κ1) is 20.7. The highest BCUT2D eigenvalue weighted by atomic mass is 32.1. The van der Waals surface area contributed by atoms with E-state index in [1.165, 1.54) is 11.3 Å². The molecule has 1 aromatic heterocycles. The fourth-order valence-electron chi connectivity index (χ4n) is 3.95. The Morgan fingerprint density at radius 2 is 1.93 bits per heavy atom. The maximum absolute atomic E-state index is 13.3. The van der Waals surface area contributed by atoms with E-state index in [2.05, 4.69) is 11.0 Å². The molecule has 0 atom stereocenters. The molecule has 2 aromatic rings. The molecule has 0 N–H and O–H groups in total. The molecule has 0 unspecified atom stereocenters. The van der Waals surface area contributed by atoms with Crippen LogP contribution in [0.1, 0.15) is 48.0 Å². The number of hydrogen-bond donors (Lipinski definition) is 0. The van der Waals surface area contributed by atoms with Crippen molar-refractivity contribution >= 4 is 34.0 Å². The highest BCUT2D eigenvalue weighted by Crippen LogP contribution is 2.34. The predicted octanol–water partition coefficient (Wildman–Crippen LogP) is 3.36. The van der Waals surface area contributed by atoms with E-state index >= 15 is 0 Å².